The maximum atomic E-state index is 8.96. The van der Waals surface area contributed by atoms with E-state index in [0.29, 0.717) is 5.56 Å². The smallest absolute Gasteiger partial charge is 0.186 e. The molecule has 3 N–H and O–H groups in total. The number of aliphatic hydroxyl groups is 3. The Balaban J connectivity index is 3.00. The number of aliphatic hydroxyl groups excluding tert-OH is 3. The fourth-order valence-corrected chi connectivity index (χ4v) is 1.10. The third kappa shape index (κ3) is 2.35. The van der Waals surface area contributed by atoms with Crippen LogP contribution < -0.4 is 9.47 Å². The molecule has 5 nitrogen and oxygen atoms in total. The van der Waals surface area contributed by atoms with Crippen LogP contribution in [0.4, 0.5) is 0 Å². The molecule has 0 aliphatic heterocycles. The summed E-state index contributed by atoms with van der Waals surface area (Å²) in [4.78, 5) is 0. The number of benzene rings is 1. The molecule has 5 heteroatoms. The summed E-state index contributed by atoms with van der Waals surface area (Å²) >= 11 is 0. The zero-order chi connectivity index (χ0) is 10.4. The third-order valence-electron chi connectivity index (χ3n) is 1.66. The number of para-hydroxylation sites is 1. The molecule has 0 saturated carbocycles. The molecule has 0 spiro atoms. The first kappa shape index (κ1) is 10.8. The van der Waals surface area contributed by atoms with Crippen LogP contribution in [0.2, 0.25) is 0 Å². The summed E-state index contributed by atoms with van der Waals surface area (Å²) in [5.41, 5.74) is 0.491. The summed E-state index contributed by atoms with van der Waals surface area (Å²) in [6.45, 7) is -1.23. The zero-order valence-electron chi connectivity index (χ0n) is 7.51. The Hall–Kier alpha value is -1.30. The third-order valence-corrected chi connectivity index (χ3v) is 1.66. The highest BCUT2D eigenvalue weighted by Gasteiger charge is 2.09. The molecule has 78 valence electrons. The van der Waals surface area contributed by atoms with Gasteiger partial charge >= 0.3 is 0 Å². The lowest BCUT2D eigenvalue weighted by atomic mass is 10.2. The van der Waals surface area contributed by atoms with Crippen molar-refractivity contribution in [3.8, 4) is 11.5 Å². The molecule has 0 fully saturated rings. The van der Waals surface area contributed by atoms with Crippen LogP contribution in [0.5, 0.6) is 11.5 Å². The van der Waals surface area contributed by atoms with Gasteiger partial charge in [0.1, 0.15) is 0 Å². The van der Waals surface area contributed by atoms with Gasteiger partial charge in [0.05, 0.1) is 6.61 Å². The Bertz CT molecular complexity index is 287. The molecule has 0 atom stereocenters. The molecule has 0 aliphatic carbocycles. The Morgan fingerprint density at radius 2 is 1.71 bits per heavy atom. The maximum Gasteiger partial charge on any atom is 0.186 e. The monoisotopic (exact) mass is 200 g/mol. The van der Waals surface area contributed by atoms with Gasteiger partial charge in [0.2, 0.25) is 0 Å². The van der Waals surface area contributed by atoms with Crippen LogP contribution in [0.1, 0.15) is 5.56 Å². The van der Waals surface area contributed by atoms with Crippen LogP contribution in [0, 0.1) is 0 Å². The van der Waals surface area contributed by atoms with Gasteiger partial charge in [-0.15, -0.1) is 0 Å². The van der Waals surface area contributed by atoms with Crippen LogP contribution in [0.25, 0.3) is 0 Å². The molecule has 0 saturated heterocycles. The summed E-state index contributed by atoms with van der Waals surface area (Å²) in [5.74, 6) is 0.527. The van der Waals surface area contributed by atoms with E-state index in [0.717, 1.165) is 0 Å². The average molecular weight is 200 g/mol. The minimum Gasteiger partial charge on any atom is -0.464 e. The van der Waals surface area contributed by atoms with Crippen molar-refractivity contribution in [1.82, 2.24) is 0 Å². The van der Waals surface area contributed by atoms with E-state index in [4.69, 9.17) is 24.8 Å². The molecule has 0 aliphatic rings. The minimum absolute atomic E-state index is 0.224. The van der Waals surface area contributed by atoms with E-state index in [1.54, 1.807) is 18.2 Å². The van der Waals surface area contributed by atoms with Gasteiger partial charge in [0, 0.05) is 5.56 Å². The molecule has 0 bridgehead atoms. The van der Waals surface area contributed by atoms with E-state index in [1.165, 1.54) is 0 Å². The fourth-order valence-electron chi connectivity index (χ4n) is 1.10. The number of hydrogen-bond acceptors (Lipinski definition) is 5. The summed E-state index contributed by atoms with van der Waals surface area (Å²) in [6, 6.07) is 4.86. The van der Waals surface area contributed by atoms with Crippen LogP contribution in [-0.2, 0) is 6.61 Å². The van der Waals surface area contributed by atoms with E-state index < -0.39 is 13.6 Å². The highest BCUT2D eigenvalue weighted by atomic mass is 16.6. The minimum atomic E-state index is -0.515. The Kier molecular flexibility index (Phi) is 4.18. The van der Waals surface area contributed by atoms with Crippen molar-refractivity contribution in [3.63, 3.8) is 0 Å². The van der Waals surface area contributed by atoms with Crippen LogP contribution in [0.3, 0.4) is 0 Å². The van der Waals surface area contributed by atoms with E-state index in [9.17, 15) is 0 Å². The van der Waals surface area contributed by atoms with Crippen molar-refractivity contribution in [2.75, 3.05) is 13.6 Å². The van der Waals surface area contributed by atoms with Crippen molar-refractivity contribution >= 4 is 0 Å². The van der Waals surface area contributed by atoms with Crippen molar-refractivity contribution in [2.24, 2.45) is 0 Å². The van der Waals surface area contributed by atoms with Gasteiger partial charge < -0.3 is 24.8 Å². The van der Waals surface area contributed by atoms with Gasteiger partial charge in [-0.3, -0.25) is 0 Å². The second-order valence-electron chi connectivity index (χ2n) is 2.45. The van der Waals surface area contributed by atoms with Gasteiger partial charge in [-0.25, -0.2) is 0 Å². The van der Waals surface area contributed by atoms with Crippen LogP contribution >= 0.6 is 0 Å². The number of hydrogen-bond donors (Lipinski definition) is 3. The zero-order valence-corrected chi connectivity index (χ0v) is 7.51. The molecule has 14 heavy (non-hydrogen) atoms. The first-order chi connectivity index (χ1) is 6.83. The number of ether oxygens (including phenoxy) is 2. The predicted molar refractivity (Wildman–Crippen MR) is 47.8 cm³/mol. The lowest BCUT2D eigenvalue weighted by Crippen LogP contribution is -2.03. The molecular weight excluding hydrogens is 188 g/mol. The van der Waals surface area contributed by atoms with Crippen molar-refractivity contribution in [3.05, 3.63) is 23.8 Å². The van der Waals surface area contributed by atoms with Gasteiger partial charge in [-0.1, -0.05) is 12.1 Å². The van der Waals surface area contributed by atoms with Gasteiger partial charge in [-0.05, 0) is 6.07 Å². The van der Waals surface area contributed by atoms with Crippen molar-refractivity contribution < 1.29 is 24.8 Å². The van der Waals surface area contributed by atoms with E-state index in [1.807, 2.05) is 0 Å². The van der Waals surface area contributed by atoms with E-state index >= 15 is 0 Å². The molecule has 1 aromatic carbocycles. The molecule has 1 aromatic rings. The lowest BCUT2D eigenvalue weighted by molar-refractivity contribution is 0.0725. The van der Waals surface area contributed by atoms with Gasteiger partial charge in [-0.2, -0.15) is 0 Å². The summed E-state index contributed by atoms with van der Waals surface area (Å²) in [7, 11) is 0. The first-order valence-electron chi connectivity index (χ1n) is 4.03. The Morgan fingerprint density at radius 1 is 1.00 bits per heavy atom. The largest absolute Gasteiger partial charge is 0.464 e. The molecule has 1 rings (SSSR count). The summed E-state index contributed by atoms with van der Waals surface area (Å²) in [5, 5.41) is 26.1. The lowest BCUT2D eigenvalue weighted by Gasteiger charge is -2.12. The standard InChI is InChI=1S/C9H12O5/c10-4-7-2-1-3-8(13-5-11)9(7)14-6-12/h1-3,10-12H,4-6H2. The maximum absolute atomic E-state index is 8.96. The normalized spacial score (nSPS) is 9.93. The fraction of sp³-hybridized carbons (Fsp3) is 0.333. The van der Waals surface area contributed by atoms with Crippen LogP contribution in [-0.4, -0.2) is 28.9 Å². The topological polar surface area (TPSA) is 79.2 Å². The number of rotatable bonds is 5. The summed E-state index contributed by atoms with van der Waals surface area (Å²) in [6.07, 6.45) is 0. The molecule has 0 heterocycles. The van der Waals surface area contributed by atoms with E-state index in [2.05, 4.69) is 0 Å². The first-order valence-corrected chi connectivity index (χ1v) is 4.03. The predicted octanol–water partition coefficient (Wildman–Crippen LogP) is -0.164. The highest BCUT2D eigenvalue weighted by Crippen LogP contribution is 2.31. The molecule has 0 unspecified atom stereocenters. The summed E-state index contributed by atoms with van der Waals surface area (Å²) < 4.78 is 9.71. The second kappa shape index (κ2) is 5.43. The molecule has 0 radical (unpaired) electrons. The van der Waals surface area contributed by atoms with Gasteiger partial charge in [0.15, 0.2) is 25.1 Å². The van der Waals surface area contributed by atoms with Crippen LogP contribution in [0.15, 0.2) is 18.2 Å². The van der Waals surface area contributed by atoms with Crippen molar-refractivity contribution in [2.45, 2.75) is 6.61 Å². The van der Waals surface area contributed by atoms with E-state index in [-0.39, 0.29) is 18.1 Å². The average Bonchev–Trinajstić information content (AvgIpc) is 2.21. The Morgan fingerprint density at radius 3 is 2.29 bits per heavy atom. The SMILES string of the molecule is OCOc1cccc(CO)c1OCO. The van der Waals surface area contributed by atoms with Gasteiger partial charge in [0.25, 0.3) is 0 Å². The van der Waals surface area contributed by atoms with Crippen molar-refractivity contribution in [1.29, 1.82) is 0 Å². The quantitative estimate of drug-likeness (QED) is 0.575. The highest BCUT2D eigenvalue weighted by molar-refractivity contribution is 5.46. The molecule has 0 aromatic heterocycles. The molecular formula is C9H12O5. The molecule has 0 amide bonds. The Labute approximate surface area is 81.1 Å². The second-order valence-corrected chi connectivity index (χ2v) is 2.45.